The smallest absolute Gasteiger partial charge is 0.162 e. The van der Waals surface area contributed by atoms with Crippen molar-refractivity contribution in [2.75, 3.05) is 6.54 Å². The molecular weight excluding hydrogens is 234 g/mol. The van der Waals surface area contributed by atoms with E-state index in [1.165, 1.54) is 29.7 Å². The average molecular weight is 253 g/mol. The monoisotopic (exact) mass is 253 g/mol. The van der Waals surface area contributed by atoms with Crippen LogP contribution in [0.1, 0.15) is 49.3 Å². The Balaban J connectivity index is 1.81. The number of carbonyl (C=O) groups excluding carboxylic acids is 1. The van der Waals surface area contributed by atoms with Crippen LogP contribution < -0.4 is 0 Å². The standard InChI is InChI=1S/C17H19NO/c19-17-11-16-13-6-2-1-5-12(13)9-10-18(16)15-8-4-3-7-14(15)17/h1-2,5-6,16H,3-4,7-11H2. The van der Waals surface area contributed by atoms with E-state index in [4.69, 9.17) is 0 Å². The molecule has 0 saturated heterocycles. The molecule has 0 fully saturated rings. The van der Waals surface area contributed by atoms with Crippen molar-refractivity contribution in [3.05, 3.63) is 46.7 Å². The molecule has 0 radical (unpaired) electrons. The van der Waals surface area contributed by atoms with Gasteiger partial charge < -0.3 is 4.90 Å². The Hall–Kier alpha value is -1.57. The third kappa shape index (κ3) is 1.66. The van der Waals surface area contributed by atoms with Crippen LogP contribution in [-0.2, 0) is 11.2 Å². The summed E-state index contributed by atoms with van der Waals surface area (Å²) in [4.78, 5) is 14.9. The summed E-state index contributed by atoms with van der Waals surface area (Å²) in [5.41, 5.74) is 5.36. The lowest BCUT2D eigenvalue weighted by Gasteiger charge is -2.45. The van der Waals surface area contributed by atoms with E-state index in [-0.39, 0.29) is 0 Å². The summed E-state index contributed by atoms with van der Waals surface area (Å²) >= 11 is 0. The maximum Gasteiger partial charge on any atom is 0.162 e. The lowest BCUT2D eigenvalue weighted by atomic mass is 9.80. The molecule has 0 spiro atoms. The van der Waals surface area contributed by atoms with Crippen LogP contribution in [0.4, 0.5) is 0 Å². The number of fused-ring (bicyclic) bond motifs is 4. The van der Waals surface area contributed by atoms with Gasteiger partial charge in [0.15, 0.2) is 5.78 Å². The van der Waals surface area contributed by atoms with Gasteiger partial charge in [-0.25, -0.2) is 0 Å². The highest BCUT2D eigenvalue weighted by molar-refractivity contribution is 5.97. The number of rotatable bonds is 0. The van der Waals surface area contributed by atoms with Gasteiger partial charge in [-0.15, -0.1) is 0 Å². The average Bonchev–Trinajstić information content (AvgIpc) is 2.47. The third-order valence-corrected chi connectivity index (χ3v) is 4.91. The molecule has 2 heterocycles. The summed E-state index contributed by atoms with van der Waals surface area (Å²) in [6.07, 6.45) is 6.38. The van der Waals surface area contributed by atoms with Crippen molar-refractivity contribution in [2.24, 2.45) is 0 Å². The van der Waals surface area contributed by atoms with Crippen LogP contribution in [0.3, 0.4) is 0 Å². The first-order chi connectivity index (χ1) is 9.34. The molecule has 2 aliphatic heterocycles. The molecule has 0 aromatic heterocycles. The topological polar surface area (TPSA) is 20.3 Å². The summed E-state index contributed by atoms with van der Waals surface area (Å²) in [5, 5.41) is 0. The van der Waals surface area contributed by atoms with Gasteiger partial charge in [-0.05, 0) is 43.2 Å². The molecular formula is C17H19NO. The molecule has 1 aromatic carbocycles. The first-order valence-corrected chi connectivity index (χ1v) is 7.44. The second kappa shape index (κ2) is 4.22. The second-order valence-corrected chi connectivity index (χ2v) is 5.92. The van der Waals surface area contributed by atoms with Crippen LogP contribution in [0.2, 0.25) is 0 Å². The zero-order valence-electron chi connectivity index (χ0n) is 11.2. The van der Waals surface area contributed by atoms with E-state index >= 15 is 0 Å². The maximum absolute atomic E-state index is 12.4. The fourth-order valence-corrected chi connectivity index (χ4v) is 4.00. The Labute approximate surface area is 114 Å². The van der Waals surface area contributed by atoms with Crippen molar-refractivity contribution in [1.29, 1.82) is 0 Å². The fourth-order valence-electron chi connectivity index (χ4n) is 4.00. The van der Waals surface area contributed by atoms with Gasteiger partial charge in [0, 0.05) is 24.2 Å². The van der Waals surface area contributed by atoms with Crippen LogP contribution in [0, 0.1) is 0 Å². The van der Waals surface area contributed by atoms with Crippen molar-refractivity contribution in [1.82, 2.24) is 4.90 Å². The second-order valence-electron chi connectivity index (χ2n) is 5.92. The fraction of sp³-hybridized carbons (Fsp3) is 0.471. The summed E-state index contributed by atoms with van der Waals surface area (Å²) in [6.45, 7) is 1.09. The molecule has 0 bridgehead atoms. The van der Waals surface area contributed by atoms with Crippen LogP contribution >= 0.6 is 0 Å². The minimum atomic E-state index is 0.314. The minimum absolute atomic E-state index is 0.314. The van der Waals surface area contributed by atoms with E-state index in [9.17, 15) is 4.79 Å². The number of hydrogen-bond acceptors (Lipinski definition) is 2. The van der Waals surface area contributed by atoms with Gasteiger partial charge in [-0.3, -0.25) is 4.79 Å². The zero-order chi connectivity index (χ0) is 12.8. The van der Waals surface area contributed by atoms with Gasteiger partial charge >= 0.3 is 0 Å². The summed E-state index contributed by atoms with van der Waals surface area (Å²) in [5.74, 6) is 0.410. The molecule has 0 N–H and O–H groups in total. The lowest BCUT2D eigenvalue weighted by Crippen LogP contribution is -2.41. The van der Waals surface area contributed by atoms with E-state index in [1.54, 1.807) is 0 Å². The van der Waals surface area contributed by atoms with Gasteiger partial charge in [0.1, 0.15) is 0 Å². The molecule has 2 nitrogen and oxygen atoms in total. The molecule has 0 saturated carbocycles. The van der Waals surface area contributed by atoms with E-state index in [0.717, 1.165) is 31.4 Å². The van der Waals surface area contributed by atoms with Crippen molar-refractivity contribution in [3.8, 4) is 0 Å². The molecule has 2 heteroatoms. The maximum atomic E-state index is 12.4. The summed E-state index contributed by atoms with van der Waals surface area (Å²) in [7, 11) is 0. The number of nitrogens with zero attached hydrogens (tertiary/aromatic N) is 1. The SMILES string of the molecule is O=C1CC2c3ccccc3CCN2C2=C1CCCC2. The first-order valence-electron chi connectivity index (χ1n) is 7.44. The number of ketones is 1. The highest BCUT2D eigenvalue weighted by Gasteiger charge is 2.37. The molecule has 4 rings (SSSR count). The van der Waals surface area contributed by atoms with Crippen LogP contribution in [-0.4, -0.2) is 17.2 Å². The Morgan fingerprint density at radius 3 is 2.84 bits per heavy atom. The molecule has 1 unspecified atom stereocenters. The van der Waals surface area contributed by atoms with Crippen LogP contribution in [0.5, 0.6) is 0 Å². The molecule has 1 aromatic rings. The number of carbonyl (C=O) groups is 1. The van der Waals surface area contributed by atoms with Crippen molar-refractivity contribution < 1.29 is 4.79 Å². The number of benzene rings is 1. The van der Waals surface area contributed by atoms with Gasteiger partial charge in [-0.2, -0.15) is 0 Å². The van der Waals surface area contributed by atoms with Gasteiger partial charge in [0.05, 0.1) is 6.04 Å². The highest BCUT2D eigenvalue weighted by Crippen LogP contribution is 2.43. The zero-order valence-corrected chi connectivity index (χ0v) is 11.2. The van der Waals surface area contributed by atoms with E-state index in [1.807, 2.05) is 0 Å². The highest BCUT2D eigenvalue weighted by atomic mass is 16.1. The number of hydrogen-bond donors (Lipinski definition) is 0. The molecule has 1 aliphatic carbocycles. The largest absolute Gasteiger partial charge is 0.367 e. The van der Waals surface area contributed by atoms with Gasteiger partial charge in [0.2, 0.25) is 0 Å². The predicted molar refractivity (Wildman–Crippen MR) is 74.7 cm³/mol. The summed E-state index contributed by atoms with van der Waals surface area (Å²) in [6, 6.07) is 8.98. The molecule has 98 valence electrons. The van der Waals surface area contributed by atoms with E-state index in [0.29, 0.717) is 18.2 Å². The quantitative estimate of drug-likeness (QED) is 0.706. The molecule has 3 aliphatic rings. The van der Waals surface area contributed by atoms with Crippen LogP contribution in [0.25, 0.3) is 0 Å². The van der Waals surface area contributed by atoms with Crippen molar-refractivity contribution in [2.45, 2.75) is 44.6 Å². The Morgan fingerprint density at radius 1 is 1.05 bits per heavy atom. The minimum Gasteiger partial charge on any atom is -0.367 e. The Kier molecular flexibility index (Phi) is 2.51. The lowest BCUT2D eigenvalue weighted by molar-refractivity contribution is -0.118. The summed E-state index contributed by atoms with van der Waals surface area (Å²) < 4.78 is 0. The number of allylic oxidation sites excluding steroid dienone is 2. The number of Topliss-reactive ketones (excluding diaryl/α,β-unsaturated/α-hetero) is 1. The van der Waals surface area contributed by atoms with Crippen molar-refractivity contribution in [3.63, 3.8) is 0 Å². The predicted octanol–water partition coefficient (Wildman–Crippen LogP) is 3.39. The van der Waals surface area contributed by atoms with Crippen LogP contribution in [0.15, 0.2) is 35.5 Å². The normalized spacial score (nSPS) is 25.8. The third-order valence-electron chi connectivity index (χ3n) is 4.91. The van der Waals surface area contributed by atoms with E-state index in [2.05, 4.69) is 29.2 Å². The molecule has 1 atom stereocenters. The Morgan fingerprint density at radius 2 is 1.89 bits per heavy atom. The molecule has 0 amide bonds. The van der Waals surface area contributed by atoms with Gasteiger partial charge in [-0.1, -0.05) is 24.3 Å². The van der Waals surface area contributed by atoms with Gasteiger partial charge in [0.25, 0.3) is 0 Å². The van der Waals surface area contributed by atoms with Crippen molar-refractivity contribution >= 4 is 5.78 Å². The van der Waals surface area contributed by atoms with E-state index < -0.39 is 0 Å². The first kappa shape index (κ1) is 11.3. The molecule has 19 heavy (non-hydrogen) atoms. The Bertz CT molecular complexity index is 572.